The van der Waals surface area contributed by atoms with Crippen LogP contribution in [0.5, 0.6) is 0 Å². The molecule has 0 fully saturated rings. The Morgan fingerprint density at radius 2 is 1.78 bits per heavy atom. The minimum Gasteiger partial charge on any atom is -0.332 e. The first kappa shape index (κ1) is 18.3. The molecule has 0 aliphatic carbocycles. The van der Waals surface area contributed by atoms with E-state index in [1.807, 2.05) is 0 Å². The van der Waals surface area contributed by atoms with Crippen LogP contribution in [0.15, 0.2) is 60.3 Å². The summed E-state index contributed by atoms with van der Waals surface area (Å²) in [6.45, 7) is 1.39. The van der Waals surface area contributed by atoms with Gasteiger partial charge in [0, 0.05) is 42.4 Å². The molecule has 1 aliphatic rings. The van der Waals surface area contributed by atoms with E-state index in [4.69, 9.17) is 0 Å². The molecule has 0 saturated carbocycles. The smallest absolute Gasteiger partial charge is 0.253 e. The van der Waals surface area contributed by atoms with E-state index < -0.39 is 17.6 Å². The fourth-order valence-corrected chi connectivity index (χ4v) is 2.94. The number of hydrogen-bond donors (Lipinski definition) is 3. The molecule has 7 heteroatoms. The van der Waals surface area contributed by atoms with Gasteiger partial charge in [0.05, 0.1) is 0 Å². The monoisotopic (exact) mass is 367 g/mol. The number of halogens is 1. The van der Waals surface area contributed by atoms with Crippen LogP contribution >= 0.6 is 0 Å². The zero-order chi connectivity index (χ0) is 19.4. The molecule has 6 nitrogen and oxygen atoms in total. The van der Waals surface area contributed by atoms with Crippen molar-refractivity contribution < 1.29 is 18.8 Å². The summed E-state index contributed by atoms with van der Waals surface area (Å²) >= 11 is 0. The average molecular weight is 367 g/mol. The van der Waals surface area contributed by atoms with E-state index in [-0.39, 0.29) is 18.2 Å². The summed E-state index contributed by atoms with van der Waals surface area (Å²) in [6.07, 6.45) is 1.41. The Labute approximate surface area is 155 Å². The number of rotatable bonds is 4. The van der Waals surface area contributed by atoms with Crippen molar-refractivity contribution in [2.45, 2.75) is 19.3 Å². The van der Waals surface area contributed by atoms with Gasteiger partial charge in [-0.1, -0.05) is 18.2 Å². The third-order valence-corrected chi connectivity index (χ3v) is 4.11. The maximum atomic E-state index is 13.6. The van der Waals surface area contributed by atoms with Gasteiger partial charge in [0.25, 0.3) is 5.91 Å². The highest BCUT2D eigenvalue weighted by Crippen LogP contribution is 2.31. The molecule has 1 unspecified atom stereocenters. The van der Waals surface area contributed by atoms with Gasteiger partial charge in [-0.25, -0.2) is 4.39 Å². The highest BCUT2D eigenvalue weighted by Gasteiger charge is 2.29. The second-order valence-electron chi connectivity index (χ2n) is 6.20. The Hall–Kier alpha value is -3.48. The summed E-state index contributed by atoms with van der Waals surface area (Å²) in [5.74, 6) is -1.85. The van der Waals surface area contributed by atoms with Crippen LogP contribution in [0.4, 0.5) is 15.8 Å². The van der Waals surface area contributed by atoms with Crippen LogP contribution in [0, 0.1) is 5.82 Å². The average Bonchev–Trinajstić information content (AvgIpc) is 2.61. The molecule has 1 atom stereocenters. The van der Waals surface area contributed by atoms with Crippen molar-refractivity contribution in [3.05, 3.63) is 71.7 Å². The standard InChI is InChI=1S/C20H18FN3O3/c1-12(25)23-15-6-3-7-16(9-15)24-20(27)18-11-22-19(26)10-17(18)13-4-2-5-14(21)8-13/h2-9,11,17H,10H2,1H3,(H,22,26)(H,23,25)(H,24,27). The highest BCUT2D eigenvalue weighted by atomic mass is 19.1. The van der Waals surface area contributed by atoms with Crippen molar-refractivity contribution >= 4 is 29.1 Å². The van der Waals surface area contributed by atoms with E-state index in [2.05, 4.69) is 16.0 Å². The van der Waals surface area contributed by atoms with Crippen molar-refractivity contribution in [3.8, 4) is 0 Å². The summed E-state index contributed by atoms with van der Waals surface area (Å²) in [5.41, 5.74) is 1.92. The molecule has 0 spiro atoms. The third-order valence-electron chi connectivity index (χ3n) is 4.11. The van der Waals surface area contributed by atoms with Gasteiger partial charge in [-0.15, -0.1) is 0 Å². The lowest BCUT2D eigenvalue weighted by Gasteiger charge is -2.24. The first-order valence-electron chi connectivity index (χ1n) is 8.36. The zero-order valence-corrected chi connectivity index (χ0v) is 14.6. The normalized spacial score (nSPS) is 16.1. The van der Waals surface area contributed by atoms with Crippen LogP contribution in [0.3, 0.4) is 0 Å². The molecule has 2 aromatic rings. The van der Waals surface area contributed by atoms with Gasteiger partial charge in [-0.2, -0.15) is 0 Å². The number of anilines is 2. The molecule has 3 N–H and O–H groups in total. The Morgan fingerprint density at radius 3 is 2.48 bits per heavy atom. The number of carbonyl (C=O) groups excluding carboxylic acids is 3. The maximum absolute atomic E-state index is 13.6. The van der Waals surface area contributed by atoms with Crippen LogP contribution in [-0.4, -0.2) is 17.7 Å². The summed E-state index contributed by atoms with van der Waals surface area (Å²) in [4.78, 5) is 35.7. The number of amides is 3. The summed E-state index contributed by atoms with van der Waals surface area (Å²) in [7, 11) is 0. The molecular weight excluding hydrogens is 349 g/mol. The Bertz CT molecular complexity index is 940. The Kier molecular flexibility index (Phi) is 5.30. The lowest BCUT2D eigenvalue weighted by atomic mass is 9.86. The first-order chi connectivity index (χ1) is 12.9. The van der Waals surface area contributed by atoms with Gasteiger partial charge in [-0.05, 0) is 35.9 Å². The maximum Gasteiger partial charge on any atom is 0.253 e. The molecule has 3 amide bonds. The number of carbonyl (C=O) groups is 3. The Balaban J connectivity index is 1.83. The molecule has 27 heavy (non-hydrogen) atoms. The SMILES string of the molecule is CC(=O)Nc1cccc(NC(=O)C2=CNC(=O)CC2c2cccc(F)c2)c1. The quantitative estimate of drug-likeness (QED) is 0.776. The molecule has 0 bridgehead atoms. The molecule has 1 aliphatic heterocycles. The van der Waals surface area contributed by atoms with Crippen molar-refractivity contribution in [1.29, 1.82) is 0 Å². The van der Waals surface area contributed by atoms with Crippen LogP contribution < -0.4 is 16.0 Å². The van der Waals surface area contributed by atoms with E-state index in [9.17, 15) is 18.8 Å². The molecule has 0 aromatic heterocycles. The summed E-state index contributed by atoms with van der Waals surface area (Å²) < 4.78 is 13.6. The molecule has 138 valence electrons. The summed E-state index contributed by atoms with van der Waals surface area (Å²) in [5, 5.41) is 7.93. The van der Waals surface area contributed by atoms with E-state index in [1.165, 1.54) is 25.3 Å². The first-order valence-corrected chi connectivity index (χ1v) is 8.36. The van der Waals surface area contributed by atoms with E-state index in [1.54, 1.807) is 36.4 Å². The van der Waals surface area contributed by atoms with Gasteiger partial charge in [0.1, 0.15) is 5.82 Å². The number of hydrogen-bond acceptors (Lipinski definition) is 3. The van der Waals surface area contributed by atoms with Gasteiger partial charge in [0.15, 0.2) is 0 Å². The topological polar surface area (TPSA) is 87.3 Å². The number of nitrogens with one attached hydrogen (secondary N) is 3. The highest BCUT2D eigenvalue weighted by molar-refractivity contribution is 6.06. The van der Waals surface area contributed by atoms with Gasteiger partial charge in [-0.3, -0.25) is 14.4 Å². The fraction of sp³-hybridized carbons (Fsp3) is 0.150. The second kappa shape index (κ2) is 7.82. The molecule has 0 radical (unpaired) electrons. The van der Waals surface area contributed by atoms with Gasteiger partial charge < -0.3 is 16.0 Å². The number of benzene rings is 2. The van der Waals surface area contributed by atoms with Crippen molar-refractivity contribution in [3.63, 3.8) is 0 Å². The molecule has 1 heterocycles. The molecular formula is C20H18FN3O3. The van der Waals surface area contributed by atoms with Crippen LogP contribution in [-0.2, 0) is 14.4 Å². The van der Waals surface area contributed by atoms with Gasteiger partial charge >= 0.3 is 0 Å². The van der Waals surface area contributed by atoms with E-state index >= 15 is 0 Å². The molecule has 0 saturated heterocycles. The second-order valence-corrected chi connectivity index (χ2v) is 6.20. The minimum absolute atomic E-state index is 0.0502. The lowest BCUT2D eigenvalue weighted by molar-refractivity contribution is -0.121. The van der Waals surface area contributed by atoms with Crippen LogP contribution in [0.1, 0.15) is 24.8 Å². The summed E-state index contributed by atoms with van der Waals surface area (Å²) in [6, 6.07) is 12.6. The predicted molar refractivity (Wildman–Crippen MR) is 99.4 cm³/mol. The minimum atomic E-state index is -0.548. The largest absolute Gasteiger partial charge is 0.332 e. The van der Waals surface area contributed by atoms with Crippen molar-refractivity contribution in [2.24, 2.45) is 0 Å². The lowest BCUT2D eigenvalue weighted by Crippen LogP contribution is -2.32. The van der Waals surface area contributed by atoms with Gasteiger partial charge in [0.2, 0.25) is 11.8 Å². The fourth-order valence-electron chi connectivity index (χ4n) is 2.94. The Morgan fingerprint density at radius 1 is 1.07 bits per heavy atom. The molecule has 3 rings (SSSR count). The third kappa shape index (κ3) is 4.58. The van der Waals surface area contributed by atoms with Crippen molar-refractivity contribution in [2.75, 3.05) is 10.6 Å². The van der Waals surface area contributed by atoms with E-state index in [0.29, 0.717) is 22.5 Å². The van der Waals surface area contributed by atoms with E-state index in [0.717, 1.165) is 0 Å². The van der Waals surface area contributed by atoms with Crippen LogP contribution in [0.25, 0.3) is 0 Å². The van der Waals surface area contributed by atoms with Crippen molar-refractivity contribution in [1.82, 2.24) is 5.32 Å². The van der Waals surface area contributed by atoms with Crippen LogP contribution in [0.2, 0.25) is 0 Å². The zero-order valence-electron chi connectivity index (χ0n) is 14.6. The molecule has 2 aromatic carbocycles. The predicted octanol–water partition coefficient (Wildman–Crippen LogP) is 2.91.